The lowest BCUT2D eigenvalue weighted by atomic mass is 9.99. The molecule has 0 spiro atoms. The topological polar surface area (TPSA) is 52.0 Å². The van der Waals surface area contributed by atoms with Gasteiger partial charge in [-0.25, -0.2) is 0 Å². The van der Waals surface area contributed by atoms with E-state index < -0.39 is 0 Å². The lowest BCUT2D eigenvalue weighted by Gasteiger charge is -2.26. The zero-order valence-electron chi connectivity index (χ0n) is 16.9. The maximum Gasteiger partial charge on any atom is 0.275 e. The summed E-state index contributed by atoms with van der Waals surface area (Å²) in [7, 11) is 1.63. The van der Waals surface area contributed by atoms with Gasteiger partial charge in [-0.15, -0.1) is 0 Å². The molecule has 0 aromatic heterocycles. The predicted molar refractivity (Wildman–Crippen MR) is 110 cm³/mol. The molecule has 1 fully saturated rings. The maximum absolute atomic E-state index is 12.3. The molecule has 28 heavy (non-hydrogen) atoms. The predicted octanol–water partition coefficient (Wildman–Crippen LogP) is 2.21. The lowest BCUT2D eigenvalue weighted by molar-refractivity contribution is -0.898. The van der Waals surface area contributed by atoms with Crippen molar-refractivity contribution < 1.29 is 19.2 Å². The van der Waals surface area contributed by atoms with Gasteiger partial charge in [-0.05, 0) is 42.0 Å². The van der Waals surface area contributed by atoms with Crippen molar-refractivity contribution in [1.29, 1.82) is 0 Å². The average molecular weight is 384 g/mol. The number of ether oxygens (including phenoxy) is 2. The second-order valence-corrected chi connectivity index (χ2v) is 7.65. The summed E-state index contributed by atoms with van der Waals surface area (Å²) >= 11 is 0. The number of likely N-dealkylation sites (tertiary alicyclic amines) is 1. The van der Waals surface area contributed by atoms with Crippen molar-refractivity contribution in [2.45, 2.75) is 32.9 Å². The number of hydrogen-bond acceptors (Lipinski definition) is 3. The number of benzene rings is 2. The molecule has 0 unspecified atom stereocenters. The van der Waals surface area contributed by atoms with Crippen LogP contribution in [0.1, 0.15) is 30.9 Å². The first-order valence-electron chi connectivity index (χ1n) is 10.1. The van der Waals surface area contributed by atoms with Crippen molar-refractivity contribution in [2.75, 3.05) is 26.7 Å². The number of amides is 1. The third-order valence-electron chi connectivity index (χ3n) is 5.35. The normalized spacial score (nSPS) is 19.1. The van der Waals surface area contributed by atoms with Crippen LogP contribution in [-0.2, 0) is 17.9 Å². The minimum absolute atomic E-state index is 0.105. The number of quaternary nitrogens is 1. The molecule has 5 heteroatoms. The average Bonchev–Trinajstić information content (AvgIpc) is 2.73. The Morgan fingerprint density at radius 2 is 1.82 bits per heavy atom. The first kappa shape index (κ1) is 20.2. The van der Waals surface area contributed by atoms with E-state index >= 15 is 0 Å². The second-order valence-electron chi connectivity index (χ2n) is 7.65. The van der Waals surface area contributed by atoms with Crippen molar-refractivity contribution in [3.63, 3.8) is 0 Å². The van der Waals surface area contributed by atoms with E-state index in [2.05, 4.69) is 12.2 Å². The van der Waals surface area contributed by atoms with Crippen molar-refractivity contribution in [3.05, 3.63) is 59.7 Å². The van der Waals surface area contributed by atoms with Gasteiger partial charge in [-0.1, -0.05) is 43.3 Å². The van der Waals surface area contributed by atoms with Crippen molar-refractivity contribution in [2.24, 2.45) is 5.92 Å². The molecule has 0 saturated carbocycles. The first-order chi connectivity index (χ1) is 13.6. The maximum atomic E-state index is 12.3. The first-order valence-corrected chi connectivity index (χ1v) is 10.1. The fourth-order valence-electron chi connectivity index (χ4n) is 3.51. The van der Waals surface area contributed by atoms with Crippen LogP contribution in [0, 0.1) is 5.92 Å². The van der Waals surface area contributed by atoms with E-state index in [1.807, 2.05) is 48.5 Å². The van der Waals surface area contributed by atoms with Gasteiger partial charge < -0.3 is 19.7 Å². The SMILES string of the molecule is COc1cc(CNC(=O)C[NH+]2CCC(C)CC2)ccc1OCc1ccccc1. The van der Waals surface area contributed by atoms with Crippen LogP contribution in [0.15, 0.2) is 48.5 Å². The Kier molecular flexibility index (Phi) is 7.31. The quantitative estimate of drug-likeness (QED) is 0.735. The molecule has 2 aromatic carbocycles. The number of carbonyl (C=O) groups is 1. The highest BCUT2D eigenvalue weighted by Crippen LogP contribution is 2.28. The van der Waals surface area contributed by atoms with Gasteiger partial charge in [0.1, 0.15) is 6.61 Å². The number of piperidine rings is 1. The number of hydrogen-bond donors (Lipinski definition) is 2. The third kappa shape index (κ3) is 5.99. The van der Waals surface area contributed by atoms with E-state index in [9.17, 15) is 4.79 Å². The molecule has 0 aliphatic carbocycles. The Morgan fingerprint density at radius 3 is 2.54 bits per heavy atom. The molecule has 1 amide bonds. The van der Waals surface area contributed by atoms with Gasteiger partial charge in [0.15, 0.2) is 18.0 Å². The smallest absolute Gasteiger partial charge is 0.275 e. The van der Waals surface area contributed by atoms with Crippen LogP contribution >= 0.6 is 0 Å². The highest BCUT2D eigenvalue weighted by atomic mass is 16.5. The zero-order valence-corrected chi connectivity index (χ0v) is 16.9. The van der Waals surface area contributed by atoms with E-state index in [-0.39, 0.29) is 5.91 Å². The zero-order chi connectivity index (χ0) is 19.8. The summed E-state index contributed by atoms with van der Waals surface area (Å²) < 4.78 is 11.4. The number of carbonyl (C=O) groups excluding carboxylic acids is 1. The van der Waals surface area contributed by atoms with Gasteiger partial charge >= 0.3 is 0 Å². The van der Waals surface area contributed by atoms with Gasteiger partial charge in [-0.3, -0.25) is 4.79 Å². The fourth-order valence-corrected chi connectivity index (χ4v) is 3.51. The Bertz CT molecular complexity index is 756. The van der Waals surface area contributed by atoms with Crippen LogP contribution in [0.5, 0.6) is 11.5 Å². The summed E-state index contributed by atoms with van der Waals surface area (Å²) in [6.45, 7) is 6.02. The van der Waals surface area contributed by atoms with Crippen LogP contribution in [-0.4, -0.2) is 32.7 Å². The summed E-state index contributed by atoms with van der Waals surface area (Å²) in [5.74, 6) is 2.28. The molecule has 1 aliphatic rings. The van der Waals surface area contributed by atoms with E-state index in [0.717, 1.165) is 30.1 Å². The Hall–Kier alpha value is -2.53. The number of rotatable bonds is 8. The molecule has 150 valence electrons. The van der Waals surface area contributed by atoms with Crippen LogP contribution < -0.4 is 19.7 Å². The Labute approximate surface area is 167 Å². The number of nitrogens with one attached hydrogen (secondary N) is 2. The Balaban J connectivity index is 1.49. The van der Waals surface area contributed by atoms with Gasteiger partial charge in [0.05, 0.1) is 20.2 Å². The van der Waals surface area contributed by atoms with Crippen LogP contribution in [0.25, 0.3) is 0 Å². The Morgan fingerprint density at radius 1 is 1.07 bits per heavy atom. The molecule has 2 N–H and O–H groups in total. The number of methoxy groups -OCH3 is 1. The highest BCUT2D eigenvalue weighted by molar-refractivity contribution is 5.76. The van der Waals surface area contributed by atoms with Crippen molar-refractivity contribution in [1.82, 2.24) is 5.32 Å². The molecular weight excluding hydrogens is 352 g/mol. The van der Waals surface area contributed by atoms with Crippen LogP contribution in [0.2, 0.25) is 0 Å². The summed E-state index contributed by atoms with van der Waals surface area (Å²) in [6, 6.07) is 15.8. The lowest BCUT2D eigenvalue weighted by Crippen LogP contribution is -3.14. The molecule has 0 radical (unpaired) electrons. The van der Waals surface area contributed by atoms with Crippen molar-refractivity contribution >= 4 is 5.91 Å². The van der Waals surface area contributed by atoms with E-state index in [1.54, 1.807) is 7.11 Å². The van der Waals surface area contributed by atoms with E-state index in [0.29, 0.717) is 31.2 Å². The van der Waals surface area contributed by atoms with Crippen LogP contribution in [0.4, 0.5) is 0 Å². The van der Waals surface area contributed by atoms with Gasteiger partial charge in [0.2, 0.25) is 0 Å². The van der Waals surface area contributed by atoms with Crippen molar-refractivity contribution in [3.8, 4) is 11.5 Å². The monoisotopic (exact) mass is 383 g/mol. The third-order valence-corrected chi connectivity index (χ3v) is 5.35. The molecule has 1 aliphatic heterocycles. The summed E-state index contributed by atoms with van der Waals surface area (Å²) in [6.07, 6.45) is 2.43. The summed E-state index contributed by atoms with van der Waals surface area (Å²) in [5.41, 5.74) is 2.11. The second kappa shape index (κ2) is 10.1. The largest absolute Gasteiger partial charge is 0.493 e. The van der Waals surface area contributed by atoms with E-state index in [4.69, 9.17) is 9.47 Å². The minimum Gasteiger partial charge on any atom is -0.493 e. The molecule has 2 aromatic rings. The molecule has 1 saturated heterocycles. The van der Waals surface area contributed by atoms with Gasteiger partial charge in [0.25, 0.3) is 5.91 Å². The molecule has 3 rings (SSSR count). The molecular formula is C23H31N2O3+. The van der Waals surface area contributed by atoms with Gasteiger partial charge in [0, 0.05) is 6.54 Å². The van der Waals surface area contributed by atoms with Crippen LogP contribution in [0.3, 0.4) is 0 Å². The summed E-state index contributed by atoms with van der Waals surface area (Å²) in [5, 5.41) is 3.03. The molecule has 1 heterocycles. The molecule has 0 atom stereocenters. The fraction of sp³-hybridized carbons (Fsp3) is 0.435. The molecule has 0 bridgehead atoms. The minimum atomic E-state index is 0.105. The molecule has 5 nitrogen and oxygen atoms in total. The van der Waals surface area contributed by atoms with E-state index in [1.165, 1.54) is 17.7 Å². The summed E-state index contributed by atoms with van der Waals surface area (Å²) in [4.78, 5) is 13.6. The highest BCUT2D eigenvalue weighted by Gasteiger charge is 2.21. The van der Waals surface area contributed by atoms with Gasteiger partial charge in [-0.2, -0.15) is 0 Å². The standard InChI is InChI=1S/C23H30N2O3/c1-18-10-12-25(13-11-18)16-23(26)24-15-20-8-9-21(22(14-20)27-2)28-17-19-6-4-3-5-7-19/h3-9,14,18H,10-13,15-17H2,1-2H3,(H,24,26)/p+1.